The van der Waals surface area contributed by atoms with Gasteiger partial charge in [0.25, 0.3) is 0 Å². The molecule has 0 radical (unpaired) electrons. The van der Waals surface area contributed by atoms with Gasteiger partial charge in [-0.1, -0.05) is 19.8 Å². The second-order valence-corrected chi connectivity index (χ2v) is 6.00. The topological polar surface area (TPSA) is 131 Å². The summed E-state index contributed by atoms with van der Waals surface area (Å²) < 4.78 is 14.2. The average molecular weight is 343 g/mol. The zero-order chi connectivity index (χ0) is 17.8. The van der Waals surface area contributed by atoms with Crippen LogP contribution < -0.4 is 0 Å². The fourth-order valence-corrected chi connectivity index (χ4v) is 1.88. The Hall–Kier alpha value is -0.470. The highest BCUT2D eigenvalue weighted by atomic mass is 31.2. The van der Waals surface area contributed by atoms with Crippen molar-refractivity contribution in [3.63, 3.8) is 0 Å². The monoisotopic (exact) mass is 343 g/mol. The fourth-order valence-electron chi connectivity index (χ4n) is 1.64. The summed E-state index contributed by atoms with van der Waals surface area (Å²) in [6.07, 6.45) is 4.27. The fraction of sp³-hybridized carbons (Fsp3) is 0.846. The zero-order valence-electron chi connectivity index (χ0n) is 13.7. The number of hydrogen-bond acceptors (Lipinski definition) is 6. The van der Waals surface area contributed by atoms with Crippen LogP contribution in [0, 0.1) is 0 Å². The third-order valence-corrected chi connectivity index (χ3v) is 2.96. The highest BCUT2D eigenvalue weighted by Crippen LogP contribution is 2.35. The van der Waals surface area contributed by atoms with Gasteiger partial charge in [0, 0.05) is 0 Å². The van der Waals surface area contributed by atoms with E-state index in [2.05, 4.69) is 11.4 Å². The van der Waals surface area contributed by atoms with Crippen LogP contribution in [0.5, 0.6) is 0 Å². The van der Waals surface area contributed by atoms with Crippen molar-refractivity contribution in [3.8, 4) is 0 Å². The highest BCUT2D eigenvalue weighted by molar-refractivity contribution is 7.46. The summed E-state index contributed by atoms with van der Waals surface area (Å²) in [6, 6.07) is 0. The number of rotatable bonds is 9. The Morgan fingerprint density at radius 3 is 1.77 bits per heavy atom. The Labute approximate surface area is 132 Å². The van der Waals surface area contributed by atoms with Gasteiger partial charge in [-0.05, 0) is 39.7 Å². The molecule has 9 heteroatoms. The number of hydrogen-bond donors (Lipinski definition) is 5. The summed E-state index contributed by atoms with van der Waals surface area (Å²) >= 11 is 0. The predicted octanol–water partition coefficient (Wildman–Crippen LogP) is 1.49. The Bertz CT molecular complexity index is 309. The van der Waals surface area contributed by atoms with Gasteiger partial charge in [-0.2, -0.15) is 0 Å². The molecule has 8 nitrogen and oxygen atoms in total. The van der Waals surface area contributed by atoms with Gasteiger partial charge in [0.15, 0.2) is 0 Å². The first kappa shape index (κ1) is 23.8. The van der Waals surface area contributed by atoms with Crippen LogP contribution in [0.1, 0.15) is 53.4 Å². The molecule has 0 aromatic heterocycles. The first-order valence-corrected chi connectivity index (χ1v) is 8.76. The van der Waals surface area contributed by atoms with E-state index >= 15 is 0 Å². The van der Waals surface area contributed by atoms with E-state index < -0.39 is 26.5 Å². The largest absolute Gasteiger partial charge is 0.524 e. The number of nitrogens with zero attached hydrogens (tertiary/aromatic N) is 1. The molecule has 0 bridgehead atoms. The van der Waals surface area contributed by atoms with Crippen LogP contribution >= 0.6 is 7.82 Å². The molecule has 0 aromatic rings. The SMILES string of the molecule is CC(O)N(C(C)O)C(C)O.CCCCCC=COP(=O)(O)O. The molecular weight excluding hydrogens is 313 g/mol. The lowest BCUT2D eigenvalue weighted by molar-refractivity contribution is -0.159. The molecule has 134 valence electrons. The second kappa shape index (κ2) is 13.0. The Morgan fingerprint density at radius 2 is 1.50 bits per heavy atom. The first-order valence-electron chi connectivity index (χ1n) is 7.23. The summed E-state index contributed by atoms with van der Waals surface area (Å²) in [5, 5.41) is 26.9. The molecule has 0 aliphatic carbocycles. The van der Waals surface area contributed by atoms with Crippen molar-refractivity contribution in [1.29, 1.82) is 0 Å². The number of aliphatic hydroxyl groups is 3. The van der Waals surface area contributed by atoms with E-state index in [-0.39, 0.29) is 0 Å². The molecule has 22 heavy (non-hydrogen) atoms. The molecule has 0 heterocycles. The molecule has 5 N–H and O–H groups in total. The maximum absolute atomic E-state index is 10.1. The van der Waals surface area contributed by atoms with Crippen LogP contribution in [0.2, 0.25) is 0 Å². The van der Waals surface area contributed by atoms with Crippen LogP contribution in [-0.4, -0.2) is 48.7 Å². The van der Waals surface area contributed by atoms with Crippen molar-refractivity contribution >= 4 is 7.82 Å². The van der Waals surface area contributed by atoms with E-state index in [1.54, 1.807) is 6.08 Å². The number of unbranched alkanes of at least 4 members (excludes halogenated alkanes) is 3. The quantitative estimate of drug-likeness (QED) is 0.184. The molecular formula is C13H30NO7P. The lowest BCUT2D eigenvalue weighted by Crippen LogP contribution is -2.45. The first-order chi connectivity index (χ1) is 10.0. The molecule has 0 rings (SSSR count). The van der Waals surface area contributed by atoms with Crippen LogP contribution in [-0.2, 0) is 9.09 Å². The summed E-state index contributed by atoms with van der Waals surface area (Å²) in [4.78, 5) is 17.7. The lowest BCUT2D eigenvalue weighted by Gasteiger charge is -2.30. The standard InChI is InChI=1S/C7H15O4P.C6H15NO3/c1-2-3-4-5-6-7-11-12(8,9)10;1-4(8)7(5(2)9)6(3)10/h6-7H,2-5H2,1H3,(H2,8,9,10);4-6,8-10H,1-3H3. The Balaban J connectivity index is 0. The smallest absolute Gasteiger partial charge is 0.413 e. The van der Waals surface area contributed by atoms with Gasteiger partial charge in [0.2, 0.25) is 0 Å². The minimum Gasteiger partial charge on any atom is -0.413 e. The van der Waals surface area contributed by atoms with E-state index in [0.29, 0.717) is 0 Å². The van der Waals surface area contributed by atoms with Crippen LogP contribution in [0.3, 0.4) is 0 Å². The van der Waals surface area contributed by atoms with Gasteiger partial charge in [-0.3, -0.25) is 9.79 Å². The summed E-state index contributed by atoms with van der Waals surface area (Å²) in [6.45, 7) is 6.55. The molecule has 0 saturated heterocycles. The van der Waals surface area contributed by atoms with Gasteiger partial charge in [-0.15, -0.1) is 0 Å². The number of phosphoric acid groups is 1. The van der Waals surface area contributed by atoms with Gasteiger partial charge >= 0.3 is 7.82 Å². The summed E-state index contributed by atoms with van der Waals surface area (Å²) in [5.41, 5.74) is 0. The number of allylic oxidation sites excluding steroid dienone is 1. The second-order valence-electron chi connectivity index (χ2n) is 4.81. The molecule has 3 unspecified atom stereocenters. The van der Waals surface area contributed by atoms with Crippen molar-refractivity contribution in [2.45, 2.75) is 72.1 Å². The predicted molar refractivity (Wildman–Crippen MR) is 83.3 cm³/mol. The summed E-state index contributed by atoms with van der Waals surface area (Å²) in [7, 11) is -4.31. The minimum absolute atomic E-state index is 0.799. The van der Waals surface area contributed by atoms with Crippen molar-refractivity contribution in [2.75, 3.05) is 0 Å². The maximum Gasteiger partial charge on any atom is 0.524 e. The van der Waals surface area contributed by atoms with Crippen LogP contribution in [0.4, 0.5) is 0 Å². The minimum atomic E-state index is -4.31. The molecule has 0 aliphatic rings. The molecule has 0 saturated carbocycles. The van der Waals surface area contributed by atoms with E-state index in [0.717, 1.165) is 31.9 Å². The lowest BCUT2D eigenvalue weighted by atomic mass is 10.2. The molecule has 0 aromatic carbocycles. The molecule has 3 atom stereocenters. The van der Waals surface area contributed by atoms with Crippen molar-refractivity contribution < 1.29 is 34.2 Å². The average Bonchev–Trinajstić information content (AvgIpc) is 2.31. The van der Waals surface area contributed by atoms with Crippen molar-refractivity contribution in [1.82, 2.24) is 4.90 Å². The highest BCUT2D eigenvalue weighted by Gasteiger charge is 2.20. The van der Waals surface area contributed by atoms with E-state index in [4.69, 9.17) is 25.1 Å². The molecule has 0 spiro atoms. The Morgan fingerprint density at radius 1 is 1.05 bits per heavy atom. The van der Waals surface area contributed by atoms with E-state index in [9.17, 15) is 4.57 Å². The zero-order valence-corrected chi connectivity index (χ0v) is 14.6. The molecule has 0 amide bonds. The third-order valence-electron chi connectivity index (χ3n) is 2.56. The van der Waals surface area contributed by atoms with Crippen molar-refractivity contribution in [3.05, 3.63) is 12.3 Å². The van der Waals surface area contributed by atoms with Gasteiger partial charge in [0.1, 0.15) is 18.7 Å². The van der Waals surface area contributed by atoms with E-state index in [1.807, 2.05) is 0 Å². The van der Waals surface area contributed by atoms with Gasteiger partial charge < -0.3 is 19.8 Å². The summed E-state index contributed by atoms with van der Waals surface area (Å²) in [5.74, 6) is 0. The Kier molecular flexibility index (Phi) is 14.1. The maximum atomic E-state index is 10.1. The normalized spacial score (nSPS) is 16.1. The van der Waals surface area contributed by atoms with Gasteiger partial charge in [-0.25, -0.2) is 9.46 Å². The van der Waals surface area contributed by atoms with Crippen molar-refractivity contribution in [2.24, 2.45) is 0 Å². The van der Waals surface area contributed by atoms with Crippen LogP contribution in [0.25, 0.3) is 0 Å². The number of aliphatic hydroxyl groups excluding tert-OH is 3. The van der Waals surface area contributed by atoms with E-state index in [1.165, 1.54) is 25.7 Å². The molecule has 0 fully saturated rings. The number of phosphoric ester groups is 1. The third kappa shape index (κ3) is 15.9. The van der Waals surface area contributed by atoms with Crippen LogP contribution in [0.15, 0.2) is 12.3 Å². The van der Waals surface area contributed by atoms with Gasteiger partial charge in [0.05, 0.1) is 6.26 Å². The molecule has 0 aliphatic heterocycles.